The molecule has 1 saturated carbocycles. The number of carbonyl (C=O) groups is 3. The summed E-state index contributed by atoms with van der Waals surface area (Å²) in [4.78, 5) is 49.2. The van der Waals surface area contributed by atoms with Crippen LogP contribution in [-0.4, -0.2) is 53.7 Å². The molecule has 1 aromatic rings. The molecule has 246 valence electrons. The van der Waals surface area contributed by atoms with Crippen molar-refractivity contribution in [3.05, 3.63) is 63.7 Å². The number of carbonyl (C=O) groups excluding carboxylic acids is 3. The lowest BCUT2D eigenvalue weighted by molar-refractivity contribution is -0.757. The molecule has 1 aliphatic rings. The predicted octanol–water partition coefficient (Wildman–Crippen LogP) is 7.27. The van der Waals surface area contributed by atoms with E-state index < -0.39 is 23.0 Å². The van der Waals surface area contributed by atoms with E-state index in [-0.39, 0.29) is 24.1 Å². The van der Waals surface area contributed by atoms with E-state index in [4.69, 9.17) is 21.1 Å². The Morgan fingerprint density at radius 2 is 1.84 bits per heavy atom. The molecule has 1 N–H and O–H groups in total. The molecule has 0 aliphatic heterocycles. The first-order chi connectivity index (χ1) is 21.2. The highest BCUT2D eigenvalue weighted by atomic mass is 35.5. The van der Waals surface area contributed by atoms with E-state index >= 15 is 0 Å². The second kappa shape index (κ2) is 25.3. The van der Waals surface area contributed by atoms with Gasteiger partial charge in [0.05, 0.1) is 19.8 Å². The van der Waals surface area contributed by atoms with Crippen molar-refractivity contribution >= 4 is 40.4 Å². The molecule has 1 aliphatic carbocycles. The monoisotopic (exact) mass is 654 g/mol. The van der Waals surface area contributed by atoms with Gasteiger partial charge in [0, 0.05) is 24.1 Å². The van der Waals surface area contributed by atoms with Crippen LogP contribution in [-0.2, 0) is 24.0 Å². The van der Waals surface area contributed by atoms with Crippen molar-refractivity contribution in [3.8, 4) is 5.75 Å². The summed E-state index contributed by atoms with van der Waals surface area (Å²) in [7, 11) is 0. The van der Waals surface area contributed by atoms with E-state index in [1.54, 1.807) is 0 Å². The minimum Gasteiger partial charge on any atom is -0.493 e. The van der Waals surface area contributed by atoms with Gasteiger partial charge in [-0.05, 0) is 76.0 Å². The Kier molecular flexibility index (Phi) is 22.4. The van der Waals surface area contributed by atoms with E-state index in [2.05, 4.69) is 22.3 Å². The zero-order valence-corrected chi connectivity index (χ0v) is 27.5. The fourth-order valence-electron chi connectivity index (χ4n) is 4.23. The molecule has 0 radical (unpaired) electrons. The summed E-state index contributed by atoms with van der Waals surface area (Å²) in [5.41, 5.74) is 0. The summed E-state index contributed by atoms with van der Waals surface area (Å²) < 4.78 is 10.7. The Bertz CT molecular complexity index is 1050. The zero-order chi connectivity index (χ0) is 32.4. The van der Waals surface area contributed by atoms with E-state index in [1.165, 1.54) is 39.0 Å². The largest absolute Gasteiger partial charge is 0.493 e. The van der Waals surface area contributed by atoms with Gasteiger partial charge in [-0.15, -0.1) is 10.1 Å². The van der Waals surface area contributed by atoms with Gasteiger partial charge in [-0.1, -0.05) is 73.0 Å². The van der Waals surface area contributed by atoms with Gasteiger partial charge >= 0.3 is 5.97 Å². The van der Waals surface area contributed by atoms with E-state index in [9.17, 15) is 24.5 Å². The molecule has 0 heterocycles. The van der Waals surface area contributed by atoms with Crippen molar-refractivity contribution in [2.75, 3.05) is 25.6 Å². The summed E-state index contributed by atoms with van der Waals surface area (Å²) >= 11 is 6.88. The Morgan fingerprint density at radius 1 is 1.09 bits per heavy atom. The number of esters is 1. The normalized spacial score (nSPS) is 14.0. The minimum absolute atomic E-state index is 0.0467. The number of unbranched alkanes of at least 4 members (excludes halogenated alkanes) is 2. The maximum absolute atomic E-state index is 12.0. The number of ether oxygens (including phenoxy) is 2. The predicted molar refractivity (Wildman–Crippen MR) is 174 cm³/mol. The van der Waals surface area contributed by atoms with E-state index in [0.717, 1.165) is 54.3 Å². The Balaban J connectivity index is 0.000000466. The molecule has 0 bridgehead atoms. The zero-order valence-electron chi connectivity index (χ0n) is 25.9. The van der Waals surface area contributed by atoms with E-state index in [1.807, 2.05) is 43.3 Å². The minimum atomic E-state index is -0.910. The van der Waals surface area contributed by atoms with Gasteiger partial charge in [-0.2, -0.15) is 0 Å². The Morgan fingerprint density at radius 3 is 2.52 bits per heavy atom. The lowest BCUT2D eigenvalue weighted by atomic mass is 9.89. The molecule has 1 aromatic carbocycles. The fraction of sp³-hybridized carbons (Fsp3) is 0.594. The topological polar surface area (TPSA) is 134 Å². The highest BCUT2D eigenvalue weighted by molar-refractivity contribution is 8.13. The van der Waals surface area contributed by atoms with Gasteiger partial charge in [0.25, 0.3) is 5.09 Å². The molecular formula is C32H47ClN2O8S. The highest BCUT2D eigenvalue weighted by Crippen LogP contribution is 2.24. The number of amides is 1. The molecular weight excluding hydrogens is 608 g/mol. The first-order valence-corrected chi connectivity index (χ1v) is 16.6. The molecule has 44 heavy (non-hydrogen) atoms. The van der Waals surface area contributed by atoms with Crippen LogP contribution in [0, 0.1) is 16.0 Å². The van der Waals surface area contributed by atoms with Crippen LogP contribution in [0.15, 0.2) is 48.6 Å². The average Bonchev–Trinajstić information content (AvgIpc) is 2.99. The number of nitrogens with one attached hydrogen (secondary N) is 1. The Hall–Kier alpha value is -3.05. The number of benzene rings is 1. The number of nitrogens with zero attached hydrogens (tertiary/aromatic N) is 1. The molecule has 1 unspecified atom stereocenters. The molecule has 12 heteroatoms. The molecule has 0 aromatic heterocycles. The van der Waals surface area contributed by atoms with Crippen LogP contribution in [0.2, 0.25) is 5.02 Å². The van der Waals surface area contributed by atoms with Crippen molar-refractivity contribution < 1.29 is 33.8 Å². The van der Waals surface area contributed by atoms with Gasteiger partial charge in [0.15, 0.2) is 5.12 Å². The third kappa shape index (κ3) is 21.6. The maximum atomic E-state index is 12.0. The molecule has 10 nitrogen and oxygen atoms in total. The van der Waals surface area contributed by atoms with Crippen LogP contribution < -0.4 is 10.1 Å². The first-order valence-electron chi connectivity index (χ1n) is 15.2. The molecule has 1 fully saturated rings. The Labute approximate surface area is 270 Å². The van der Waals surface area contributed by atoms with Crippen LogP contribution >= 0.6 is 23.4 Å². The van der Waals surface area contributed by atoms with Gasteiger partial charge in [-0.25, -0.2) is 4.79 Å². The van der Waals surface area contributed by atoms with Crippen LogP contribution in [0.5, 0.6) is 5.75 Å². The van der Waals surface area contributed by atoms with Crippen molar-refractivity contribution in [2.24, 2.45) is 5.92 Å². The van der Waals surface area contributed by atoms with E-state index in [0.29, 0.717) is 19.3 Å². The lowest BCUT2D eigenvalue weighted by Crippen LogP contribution is -2.43. The van der Waals surface area contributed by atoms with Crippen molar-refractivity contribution in [3.63, 3.8) is 0 Å². The summed E-state index contributed by atoms with van der Waals surface area (Å²) in [5.74, 6) is 0.737. The number of hydrogen-bond donors (Lipinski definition) is 1. The molecule has 0 saturated heterocycles. The molecule has 0 spiro atoms. The number of thioether (sulfide) groups is 1. The number of hydrogen-bond acceptors (Lipinski definition) is 9. The number of halogens is 1. The highest BCUT2D eigenvalue weighted by Gasteiger charge is 2.22. The van der Waals surface area contributed by atoms with Gasteiger partial charge < -0.3 is 19.6 Å². The second-order valence-corrected chi connectivity index (χ2v) is 11.8. The summed E-state index contributed by atoms with van der Waals surface area (Å²) in [6.45, 7) is 3.90. The van der Waals surface area contributed by atoms with Crippen LogP contribution in [0.3, 0.4) is 0 Å². The van der Waals surface area contributed by atoms with Gasteiger partial charge in [0.2, 0.25) is 5.91 Å². The summed E-state index contributed by atoms with van der Waals surface area (Å²) in [5, 5.41) is 12.2. The summed E-state index contributed by atoms with van der Waals surface area (Å²) in [6.07, 6.45) is 19.2. The lowest BCUT2D eigenvalue weighted by Gasteiger charge is -2.17. The smallest absolute Gasteiger partial charge is 0.329 e. The average molecular weight is 655 g/mol. The fourth-order valence-corrected chi connectivity index (χ4v) is 5.27. The second-order valence-electron chi connectivity index (χ2n) is 10.2. The SMILES string of the molecule is C/C=C\CCCC(=O)SCC(NC(C)=O)C(=O)OCCCCO[N+](=O)[O-].Clc1cccc(OCC/C=C/C2CCCCC2)c1. The van der Waals surface area contributed by atoms with Gasteiger partial charge in [0.1, 0.15) is 11.8 Å². The molecule has 2 rings (SSSR count). The maximum Gasteiger partial charge on any atom is 0.329 e. The summed E-state index contributed by atoms with van der Waals surface area (Å²) in [6, 6.07) is 6.66. The third-order valence-electron chi connectivity index (χ3n) is 6.45. The molecule has 1 amide bonds. The number of allylic oxidation sites excluding steroid dienone is 3. The van der Waals surface area contributed by atoms with Crippen molar-refractivity contribution in [1.82, 2.24) is 5.32 Å². The quantitative estimate of drug-likeness (QED) is 0.0537. The third-order valence-corrected chi connectivity index (χ3v) is 7.71. The van der Waals surface area contributed by atoms with Crippen LogP contribution in [0.1, 0.15) is 84.5 Å². The van der Waals surface area contributed by atoms with Crippen molar-refractivity contribution in [1.29, 1.82) is 0 Å². The standard InChI is InChI=1S/C16H21ClO.C16H26N2O7S/c17-15-10-6-11-16(13-15)18-12-5-4-9-14-7-2-1-3-8-14;1-3-4-5-6-9-15(20)26-12-14(17-13(2)19)16(21)24-10-7-8-11-25-18(22)23/h4,6,9-11,13-14H,1-3,5,7-8,12H2;3-4,14H,5-12H2,1-2H3,(H,17,19)/b9-4+;4-3-. The first kappa shape index (κ1) is 39.0. The van der Waals surface area contributed by atoms with Gasteiger partial charge in [-0.3, -0.25) is 9.59 Å². The molecule has 1 atom stereocenters. The van der Waals surface area contributed by atoms with Crippen LogP contribution in [0.4, 0.5) is 0 Å². The van der Waals surface area contributed by atoms with Crippen molar-refractivity contribution in [2.45, 2.75) is 90.5 Å². The number of rotatable bonds is 19. The van der Waals surface area contributed by atoms with Crippen LogP contribution in [0.25, 0.3) is 0 Å².